The van der Waals surface area contributed by atoms with Crippen molar-refractivity contribution in [2.24, 2.45) is 0 Å². The molecular weight excluding hydrogens is 348 g/mol. The van der Waals surface area contributed by atoms with Crippen LogP contribution in [0.4, 0.5) is 5.69 Å². The number of rotatable bonds is 4. The van der Waals surface area contributed by atoms with Gasteiger partial charge in [0.1, 0.15) is 4.88 Å². The van der Waals surface area contributed by atoms with Crippen LogP contribution in [0.5, 0.6) is 0 Å². The van der Waals surface area contributed by atoms with Crippen molar-refractivity contribution in [1.82, 2.24) is 4.98 Å². The van der Waals surface area contributed by atoms with E-state index in [1.807, 2.05) is 0 Å². The molecule has 0 fully saturated rings. The van der Waals surface area contributed by atoms with Crippen molar-refractivity contribution in [2.75, 3.05) is 6.61 Å². The van der Waals surface area contributed by atoms with E-state index < -0.39 is 10.9 Å². The fraction of sp³-hybridized carbons (Fsp3) is 0.167. The van der Waals surface area contributed by atoms with Gasteiger partial charge in [-0.05, 0) is 35.0 Å². The summed E-state index contributed by atoms with van der Waals surface area (Å²) in [5.41, 5.74) is 1.07. The number of benzene rings is 1. The van der Waals surface area contributed by atoms with E-state index in [2.05, 4.69) is 20.9 Å². The molecule has 0 saturated carbocycles. The molecule has 0 aliphatic heterocycles. The van der Waals surface area contributed by atoms with Crippen LogP contribution >= 0.6 is 27.3 Å². The summed E-state index contributed by atoms with van der Waals surface area (Å²) >= 11 is 4.39. The normalized spacial score (nSPS) is 10.3. The van der Waals surface area contributed by atoms with Crippen molar-refractivity contribution in [3.8, 4) is 11.3 Å². The quantitative estimate of drug-likeness (QED) is 0.474. The predicted molar refractivity (Wildman–Crippen MR) is 77.9 cm³/mol. The number of esters is 1. The molecule has 8 heteroatoms. The molecule has 1 heterocycles. The van der Waals surface area contributed by atoms with E-state index in [-0.39, 0.29) is 12.3 Å². The van der Waals surface area contributed by atoms with Gasteiger partial charge in [0, 0.05) is 17.7 Å². The number of nitro groups is 1. The Labute approximate surface area is 126 Å². The molecule has 0 N–H and O–H groups in total. The first-order chi connectivity index (χ1) is 9.52. The van der Waals surface area contributed by atoms with Crippen molar-refractivity contribution in [2.45, 2.75) is 6.92 Å². The Bertz CT molecular complexity index is 654. The van der Waals surface area contributed by atoms with E-state index >= 15 is 0 Å². The van der Waals surface area contributed by atoms with Gasteiger partial charge in [0.05, 0.1) is 17.2 Å². The maximum Gasteiger partial charge on any atom is 0.350 e. The number of halogens is 1. The van der Waals surface area contributed by atoms with Gasteiger partial charge in [-0.15, -0.1) is 0 Å². The van der Waals surface area contributed by atoms with Crippen molar-refractivity contribution >= 4 is 38.9 Å². The van der Waals surface area contributed by atoms with Crippen LogP contribution in [0.25, 0.3) is 11.3 Å². The summed E-state index contributed by atoms with van der Waals surface area (Å²) in [7, 11) is 0. The highest BCUT2D eigenvalue weighted by Gasteiger charge is 2.20. The summed E-state index contributed by atoms with van der Waals surface area (Å²) in [5, 5.41) is 10.6. The number of non-ortho nitro benzene ring substituents is 1. The van der Waals surface area contributed by atoms with Crippen molar-refractivity contribution in [3.63, 3.8) is 0 Å². The third-order valence-corrected chi connectivity index (χ3v) is 3.90. The Morgan fingerprint density at radius 2 is 2.10 bits per heavy atom. The van der Waals surface area contributed by atoms with Crippen molar-refractivity contribution in [1.29, 1.82) is 0 Å². The fourth-order valence-corrected chi connectivity index (χ4v) is 2.94. The first kappa shape index (κ1) is 14.6. The lowest BCUT2D eigenvalue weighted by molar-refractivity contribution is -0.384. The summed E-state index contributed by atoms with van der Waals surface area (Å²) in [6, 6.07) is 5.86. The van der Waals surface area contributed by atoms with Gasteiger partial charge in [0.25, 0.3) is 5.69 Å². The molecule has 1 aromatic carbocycles. The zero-order chi connectivity index (χ0) is 14.7. The molecule has 0 saturated heterocycles. The Morgan fingerprint density at radius 3 is 2.65 bits per heavy atom. The largest absolute Gasteiger partial charge is 0.462 e. The zero-order valence-electron chi connectivity index (χ0n) is 10.3. The van der Waals surface area contributed by atoms with E-state index in [4.69, 9.17) is 4.74 Å². The molecule has 0 aliphatic carbocycles. The number of hydrogen-bond donors (Lipinski definition) is 0. The highest BCUT2D eigenvalue weighted by molar-refractivity contribution is 9.11. The maximum atomic E-state index is 11.8. The minimum Gasteiger partial charge on any atom is -0.462 e. The number of hydrogen-bond acceptors (Lipinski definition) is 6. The average molecular weight is 357 g/mol. The van der Waals surface area contributed by atoms with E-state index in [1.54, 1.807) is 19.1 Å². The second-order valence-corrected chi connectivity index (χ2v) is 5.94. The number of aromatic nitrogens is 1. The number of ether oxygens (including phenoxy) is 1. The molecule has 1 aromatic heterocycles. The Hall–Kier alpha value is -1.80. The molecule has 2 rings (SSSR count). The summed E-state index contributed by atoms with van der Waals surface area (Å²) in [6.07, 6.45) is 0. The molecule has 0 spiro atoms. The highest BCUT2D eigenvalue weighted by Crippen LogP contribution is 2.32. The van der Waals surface area contributed by atoms with Gasteiger partial charge >= 0.3 is 5.97 Å². The van der Waals surface area contributed by atoms with Crippen LogP contribution in [-0.4, -0.2) is 22.5 Å². The summed E-state index contributed by atoms with van der Waals surface area (Å²) in [6.45, 7) is 1.99. The number of thiazole rings is 1. The van der Waals surface area contributed by atoms with Gasteiger partial charge in [0.2, 0.25) is 0 Å². The molecule has 2 aromatic rings. The topological polar surface area (TPSA) is 82.3 Å². The minimum atomic E-state index is -0.479. The van der Waals surface area contributed by atoms with Gasteiger partial charge in [-0.2, -0.15) is 0 Å². The lowest BCUT2D eigenvalue weighted by Gasteiger charge is -2.02. The molecule has 0 atom stereocenters. The second-order valence-electron chi connectivity index (χ2n) is 3.67. The van der Waals surface area contributed by atoms with Crippen LogP contribution in [0.15, 0.2) is 28.2 Å². The SMILES string of the molecule is CCOC(=O)c1sc(Br)nc1-c1ccc([N+](=O)[O-])cc1. The Balaban J connectivity index is 2.41. The third kappa shape index (κ3) is 3.02. The molecule has 0 aliphatic rings. The zero-order valence-corrected chi connectivity index (χ0v) is 12.7. The molecule has 104 valence electrons. The Morgan fingerprint density at radius 1 is 1.45 bits per heavy atom. The lowest BCUT2D eigenvalue weighted by Crippen LogP contribution is -2.04. The molecular formula is C12H9BrN2O4S. The van der Waals surface area contributed by atoms with E-state index in [1.165, 1.54) is 12.1 Å². The van der Waals surface area contributed by atoms with Gasteiger partial charge in [0.15, 0.2) is 3.92 Å². The van der Waals surface area contributed by atoms with Crippen molar-refractivity contribution < 1.29 is 14.5 Å². The summed E-state index contributed by atoms with van der Waals surface area (Å²) in [4.78, 5) is 26.6. The van der Waals surface area contributed by atoms with Crippen LogP contribution in [0.3, 0.4) is 0 Å². The van der Waals surface area contributed by atoms with Crippen LogP contribution in [0.2, 0.25) is 0 Å². The van der Waals surface area contributed by atoms with Crippen LogP contribution < -0.4 is 0 Å². The number of nitro benzene ring substituents is 1. The maximum absolute atomic E-state index is 11.8. The monoisotopic (exact) mass is 356 g/mol. The third-order valence-electron chi connectivity index (χ3n) is 2.41. The van der Waals surface area contributed by atoms with E-state index in [9.17, 15) is 14.9 Å². The van der Waals surface area contributed by atoms with E-state index in [0.29, 0.717) is 20.1 Å². The highest BCUT2D eigenvalue weighted by atomic mass is 79.9. The number of carbonyl (C=O) groups is 1. The average Bonchev–Trinajstić information content (AvgIpc) is 2.81. The fourth-order valence-electron chi connectivity index (χ4n) is 1.57. The second kappa shape index (κ2) is 6.10. The van der Waals surface area contributed by atoms with Gasteiger partial charge in [-0.25, -0.2) is 9.78 Å². The van der Waals surface area contributed by atoms with Gasteiger partial charge in [-0.1, -0.05) is 11.3 Å². The van der Waals surface area contributed by atoms with Crippen LogP contribution in [0.1, 0.15) is 16.6 Å². The minimum absolute atomic E-state index is 0.0132. The van der Waals surface area contributed by atoms with Gasteiger partial charge < -0.3 is 4.74 Å². The molecule has 6 nitrogen and oxygen atoms in total. The summed E-state index contributed by atoms with van der Waals surface area (Å²) < 4.78 is 5.52. The number of carbonyl (C=O) groups excluding carboxylic acids is 1. The van der Waals surface area contributed by atoms with E-state index in [0.717, 1.165) is 11.3 Å². The smallest absolute Gasteiger partial charge is 0.350 e. The molecule has 20 heavy (non-hydrogen) atoms. The first-order valence-corrected chi connectivity index (χ1v) is 7.22. The standard InChI is InChI=1S/C12H9BrN2O4S/c1-2-19-11(16)10-9(14-12(13)20-10)7-3-5-8(6-4-7)15(17)18/h3-6H,2H2,1H3. The number of nitrogens with zero attached hydrogens (tertiary/aromatic N) is 2. The molecule has 0 bridgehead atoms. The van der Waals surface area contributed by atoms with Crippen LogP contribution in [0, 0.1) is 10.1 Å². The lowest BCUT2D eigenvalue weighted by atomic mass is 10.1. The molecule has 0 unspecified atom stereocenters. The predicted octanol–water partition coefficient (Wildman–Crippen LogP) is 3.66. The van der Waals surface area contributed by atoms with Gasteiger partial charge in [-0.3, -0.25) is 10.1 Å². The first-order valence-electron chi connectivity index (χ1n) is 5.61. The van der Waals surface area contributed by atoms with Crippen LogP contribution in [-0.2, 0) is 4.74 Å². The summed E-state index contributed by atoms with van der Waals surface area (Å²) in [5.74, 6) is -0.455. The molecule has 0 amide bonds. The molecule has 0 radical (unpaired) electrons. The van der Waals surface area contributed by atoms with Crippen molar-refractivity contribution in [3.05, 3.63) is 43.2 Å². The Kier molecular flexibility index (Phi) is 4.46.